The van der Waals surface area contributed by atoms with Gasteiger partial charge in [-0.25, -0.2) is 0 Å². The minimum absolute atomic E-state index is 0.333. The van der Waals surface area contributed by atoms with Crippen molar-refractivity contribution in [2.24, 2.45) is 5.92 Å². The van der Waals surface area contributed by atoms with Crippen molar-refractivity contribution in [3.05, 3.63) is 0 Å². The van der Waals surface area contributed by atoms with Crippen LogP contribution in [0.5, 0.6) is 0 Å². The van der Waals surface area contributed by atoms with E-state index in [1.165, 1.54) is 19.3 Å². The number of hydrogen-bond donors (Lipinski definition) is 1. The van der Waals surface area contributed by atoms with E-state index in [1.807, 2.05) is 0 Å². The molecule has 2 atom stereocenters. The molecule has 0 unspecified atom stereocenters. The van der Waals surface area contributed by atoms with Gasteiger partial charge in [0.15, 0.2) is 0 Å². The second kappa shape index (κ2) is 3.94. The number of aliphatic hydroxyl groups excluding tert-OH is 1. The summed E-state index contributed by atoms with van der Waals surface area (Å²) in [5, 5.41) is 8.85. The minimum Gasteiger partial charge on any atom is -0.396 e. The van der Waals surface area contributed by atoms with Gasteiger partial charge in [0.05, 0.1) is 6.10 Å². The molecule has 0 saturated heterocycles. The Morgan fingerprint density at radius 1 is 1.50 bits per heavy atom. The fraction of sp³-hybridized carbons (Fsp3) is 1.00. The van der Waals surface area contributed by atoms with Crippen LogP contribution in [0.2, 0.25) is 0 Å². The number of rotatable bonds is 2. The van der Waals surface area contributed by atoms with Crippen LogP contribution in [0.3, 0.4) is 0 Å². The summed E-state index contributed by atoms with van der Waals surface area (Å²) in [6.07, 6.45) is 5.02. The van der Waals surface area contributed by atoms with Crippen LogP contribution >= 0.6 is 0 Å². The van der Waals surface area contributed by atoms with Crippen LogP contribution in [0.15, 0.2) is 0 Å². The van der Waals surface area contributed by atoms with Gasteiger partial charge in [0.2, 0.25) is 0 Å². The predicted octanol–water partition coefficient (Wildman–Crippen LogP) is 1.18. The van der Waals surface area contributed by atoms with Crippen molar-refractivity contribution in [1.29, 1.82) is 0 Å². The van der Waals surface area contributed by atoms with Gasteiger partial charge >= 0.3 is 0 Å². The zero-order valence-corrected chi connectivity index (χ0v) is 6.55. The van der Waals surface area contributed by atoms with Crippen molar-refractivity contribution in [3.63, 3.8) is 0 Å². The molecule has 0 amide bonds. The van der Waals surface area contributed by atoms with E-state index in [9.17, 15) is 0 Å². The molecule has 1 rings (SSSR count). The smallest absolute Gasteiger partial charge is 0.0574 e. The average Bonchev–Trinajstić information content (AvgIpc) is 2.05. The lowest BCUT2D eigenvalue weighted by atomic mass is 9.88. The molecule has 0 bridgehead atoms. The summed E-state index contributed by atoms with van der Waals surface area (Å²) in [4.78, 5) is 0. The number of methoxy groups -OCH3 is 1. The first-order valence-corrected chi connectivity index (χ1v) is 4.00. The summed E-state index contributed by atoms with van der Waals surface area (Å²) in [6, 6.07) is 0. The second-order valence-electron chi connectivity index (χ2n) is 3.07. The van der Waals surface area contributed by atoms with Gasteiger partial charge < -0.3 is 9.84 Å². The molecule has 0 aromatic rings. The van der Waals surface area contributed by atoms with E-state index in [-0.39, 0.29) is 0 Å². The standard InChI is InChI=1S/C8H16O2/c1-10-8-4-2-3-7(5-8)6-9/h7-9H,2-6H2,1H3/t7-,8-/m1/s1. The highest BCUT2D eigenvalue weighted by atomic mass is 16.5. The fourth-order valence-electron chi connectivity index (χ4n) is 1.62. The van der Waals surface area contributed by atoms with Crippen molar-refractivity contribution < 1.29 is 9.84 Å². The Bertz CT molecular complexity index is 83.3. The van der Waals surface area contributed by atoms with Gasteiger partial charge in [-0.15, -0.1) is 0 Å². The van der Waals surface area contributed by atoms with Crippen LogP contribution in [0, 0.1) is 5.92 Å². The number of ether oxygens (including phenoxy) is 1. The molecule has 0 aliphatic heterocycles. The summed E-state index contributed by atoms with van der Waals surface area (Å²) in [5.41, 5.74) is 0. The molecular weight excluding hydrogens is 128 g/mol. The SMILES string of the molecule is CO[C@@H]1CCC[C@@H](CO)C1. The molecule has 1 N–H and O–H groups in total. The van der Waals surface area contributed by atoms with E-state index < -0.39 is 0 Å². The molecule has 0 aromatic carbocycles. The van der Waals surface area contributed by atoms with Crippen molar-refractivity contribution in [2.45, 2.75) is 31.8 Å². The molecule has 1 saturated carbocycles. The molecule has 0 radical (unpaired) electrons. The van der Waals surface area contributed by atoms with Crippen LogP contribution in [-0.2, 0) is 4.74 Å². The second-order valence-corrected chi connectivity index (χ2v) is 3.07. The van der Waals surface area contributed by atoms with E-state index in [4.69, 9.17) is 9.84 Å². The van der Waals surface area contributed by atoms with E-state index in [0.29, 0.717) is 18.6 Å². The molecule has 10 heavy (non-hydrogen) atoms. The lowest BCUT2D eigenvalue weighted by molar-refractivity contribution is 0.0363. The monoisotopic (exact) mass is 144 g/mol. The molecule has 2 nitrogen and oxygen atoms in total. The Kier molecular flexibility index (Phi) is 3.16. The summed E-state index contributed by atoms with van der Waals surface area (Å²) in [7, 11) is 1.75. The highest BCUT2D eigenvalue weighted by Crippen LogP contribution is 2.25. The van der Waals surface area contributed by atoms with E-state index in [0.717, 1.165) is 6.42 Å². The van der Waals surface area contributed by atoms with Gasteiger partial charge in [0, 0.05) is 13.7 Å². The third-order valence-electron chi connectivity index (χ3n) is 2.33. The third-order valence-corrected chi connectivity index (χ3v) is 2.33. The van der Waals surface area contributed by atoms with Crippen LogP contribution in [0.4, 0.5) is 0 Å². The Morgan fingerprint density at radius 2 is 2.30 bits per heavy atom. The van der Waals surface area contributed by atoms with Crippen molar-refractivity contribution in [1.82, 2.24) is 0 Å². The van der Waals surface area contributed by atoms with Crippen LogP contribution in [0.25, 0.3) is 0 Å². The predicted molar refractivity (Wildman–Crippen MR) is 39.8 cm³/mol. The summed E-state index contributed by atoms with van der Waals surface area (Å²) in [6.45, 7) is 0.333. The van der Waals surface area contributed by atoms with E-state index in [1.54, 1.807) is 7.11 Å². The van der Waals surface area contributed by atoms with E-state index >= 15 is 0 Å². The van der Waals surface area contributed by atoms with Crippen molar-refractivity contribution in [2.75, 3.05) is 13.7 Å². The Morgan fingerprint density at radius 3 is 2.90 bits per heavy atom. The summed E-state index contributed by atoms with van der Waals surface area (Å²) in [5.74, 6) is 0.499. The van der Waals surface area contributed by atoms with Crippen LogP contribution in [0.1, 0.15) is 25.7 Å². The van der Waals surface area contributed by atoms with Gasteiger partial charge in [0.25, 0.3) is 0 Å². The van der Waals surface area contributed by atoms with Gasteiger partial charge in [0.1, 0.15) is 0 Å². The lowest BCUT2D eigenvalue weighted by Crippen LogP contribution is -2.23. The van der Waals surface area contributed by atoms with E-state index in [2.05, 4.69) is 0 Å². The van der Waals surface area contributed by atoms with Crippen molar-refractivity contribution in [3.8, 4) is 0 Å². The molecule has 0 aromatic heterocycles. The molecular formula is C8H16O2. The summed E-state index contributed by atoms with van der Waals surface area (Å²) >= 11 is 0. The van der Waals surface area contributed by atoms with Crippen LogP contribution < -0.4 is 0 Å². The normalized spacial score (nSPS) is 34.2. The molecule has 60 valence electrons. The van der Waals surface area contributed by atoms with Gasteiger partial charge in [-0.05, 0) is 25.2 Å². The zero-order valence-electron chi connectivity index (χ0n) is 6.55. The first kappa shape index (κ1) is 8.02. The highest BCUT2D eigenvalue weighted by Gasteiger charge is 2.20. The fourth-order valence-corrected chi connectivity index (χ4v) is 1.62. The minimum atomic E-state index is 0.333. The molecule has 1 aliphatic carbocycles. The molecule has 0 heterocycles. The summed E-state index contributed by atoms with van der Waals surface area (Å²) < 4.78 is 5.21. The molecule has 1 fully saturated rings. The molecule has 0 spiro atoms. The Labute approximate surface area is 62.2 Å². The molecule has 1 aliphatic rings. The third kappa shape index (κ3) is 1.96. The largest absolute Gasteiger partial charge is 0.396 e. The molecule has 2 heteroatoms. The lowest BCUT2D eigenvalue weighted by Gasteiger charge is -2.26. The van der Waals surface area contributed by atoms with Gasteiger partial charge in [-0.2, -0.15) is 0 Å². The maximum absolute atomic E-state index is 8.85. The number of aliphatic hydroxyl groups is 1. The van der Waals surface area contributed by atoms with Gasteiger partial charge in [-0.3, -0.25) is 0 Å². The van der Waals surface area contributed by atoms with Crippen LogP contribution in [-0.4, -0.2) is 24.9 Å². The maximum atomic E-state index is 8.85. The Balaban J connectivity index is 2.25. The topological polar surface area (TPSA) is 29.5 Å². The van der Waals surface area contributed by atoms with Gasteiger partial charge in [-0.1, -0.05) is 6.42 Å². The quantitative estimate of drug-likeness (QED) is 0.630. The van der Waals surface area contributed by atoms with Crippen molar-refractivity contribution >= 4 is 0 Å². The number of hydrogen-bond acceptors (Lipinski definition) is 2. The first-order chi connectivity index (χ1) is 4.86. The maximum Gasteiger partial charge on any atom is 0.0574 e. The highest BCUT2D eigenvalue weighted by molar-refractivity contribution is 4.72. The first-order valence-electron chi connectivity index (χ1n) is 4.00. The average molecular weight is 144 g/mol. The Hall–Kier alpha value is -0.0800. The zero-order chi connectivity index (χ0) is 7.40.